The molecule has 0 radical (unpaired) electrons. The quantitative estimate of drug-likeness (QED) is 0.666. The van der Waals surface area contributed by atoms with Gasteiger partial charge in [-0.15, -0.1) is 0 Å². The molecule has 0 bridgehead atoms. The van der Waals surface area contributed by atoms with Crippen LogP contribution in [-0.2, 0) is 9.59 Å². The number of hydrogen-bond donors (Lipinski definition) is 3. The lowest BCUT2D eigenvalue weighted by Crippen LogP contribution is -2.54. The van der Waals surface area contributed by atoms with Crippen LogP contribution in [0.25, 0.3) is 0 Å². The molecule has 3 aliphatic rings. The van der Waals surface area contributed by atoms with Crippen molar-refractivity contribution in [3.63, 3.8) is 0 Å². The largest absolute Gasteiger partial charge is 0.385 e. The van der Waals surface area contributed by atoms with E-state index in [0.717, 1.165) is 30.1 Å². The number of nitrogens with zero attached hydrogens (tertiary/aromatic N) is 1. The van der Waals surface area contributed by atoms with Crippen molar-refractivity contribution in [1.82, 2.24) is 15.5 Å². The Morgan fingerprint density at radius 1 is 1.11 bits per heavy atom. The molecule has 148 valence electrons. The molecule has 4 amide bonds. The van der Waals surface area contributed by atoms with Crippen LogP contribution < -0.4 is 16.0 Å². The van der Waals surface area contributed by atoms with Crippen molar-refractivity contribution < 1.29 is 19.2 Å². The maximum atomic E-state index is 12.9. The molecule has 3 N–H and O–H groups in total. The van der Waals surface area contributed by atoms with E-state index in [1.165, 1.54) is 0 Å². The number of fused-ring (bicyclic) bond motifs is 1. The van der Waals surface area contributed by atoms with Crippen LogP contribution in [0.3, 0.4) is 0 Å². The van der Waals surface area contributed by atoms with Gasteiger partial charge in [0.05, 0.1) is 11.1 Å². The second kappa shape index (κ2) is 6.70. The van der Waals surface area contributed by atoms with Gasteiger partial charge in [0.2, 0.25) is 11.8 Å². The number of carbonyl (C=O) groups excluding carboxylic acids is 4. The van der Waals surface area contributed by atoms with Crippen molar-refractivity contribution >= 4 is 29.3 Å². The molecule has 4 rings (SSSR count). The van der Waals surface area contributed by atoms with Gasteiger partial charge in [-0.3, -0.25) is 29.4 Å². The number of anilines is 1. The second-order valence-corrected chi connectivity index (χ2v) is 8.22. The summed E-state index contributed by atoms with van der Waals surface area (Å²) in [6, 6.07) is 4.15. The highest BCUT2D eigenvalue weighted by atomic mass is 16.2. The van der Waals surface area contributed by atoms with Crippen molar-refractivity contribution in [2.24, 2.45) is 5.92 Å². The Labute approximate surface area is 163 Å². The monoisotopic (exact) mass is 384 g/mol. The highest BCUT2D eigenvalue weighted by molar-refractivity contribution is 6.23. The van der Waals surface area contributed by atoms with E-state index in [-0.39, 0.29) is 24.3 Å². The Morgan fingerprint density at radius 3 is 2.54 bits per heavy atom. The summed E-state index contributed by atoms with van der Waals surface area (Å²) < 4.78 is 0. The molecular weight excluding hydrogens is 360 g/mol. The predicted octanol–water partition coefficient (Wildman–Crippen LogP) is 0.888. The van der Waals surface area contributed by atoms with Gasteiger partial charge in [0.1, 0.15) is 6.04 Å². The molecule has 2 atom stereocenters. The van der Waals surface area contributed by atoms with Gasteiger partial charge in [0.15, 0.2) is 0 Å². The van der Waals surface area contributed by atoms with E-state index in [1.54, 1.807) is 18.2 Å². The number of nitrogens with one attached hydrogen (secondary N) is 3. The third-order valence-electron chi connectivity index (χ3n) is 6.09. The molecule has 2 saturated heterocycles. The number of hydrogen-bond acceptors (Lipinski definition) is 6. The highest BCUT2D eigenvalue weighted by Gasteiger charge is 2.44. The number of imide groups is 2. The Morgan fingerprint density at radius 2 is 1.86 bits per heavy atom. The number of amides is 4. The van der Waals surface area contributed by atoms with E-state index < -0.39 is 23.8 Å². The fraction of sp³-hybridized carbons (Fsp3) is 0.500. The SMILES string of the molecule is CC1(C)NCCC1CNc1ccc2c(c1)C(=O)N(C1CCC(=O)NC1=O)C2=O. The topological polar surface area (TPSA) is 108 Å². The third kappa shape index (κ3) is 3.07. The van der Waals surface area contributed by atoms with Crippen molar-refractivity contribution in [3.05, 3.63) is 29.3 Å². The van der Waals surface area contributed by atoms with E-state index in [4.69, 9.17) is 0 Å². The number of rotatable bonds is 4. The van der Waals surface area contributed by atoms with Gasteiger partial charge in [0, 0.05) is 24.2 Å². The third-order valence-corrected chi connectivity index (χ3v) is 6.09. The summed E-state index contributed by atoms with van der Waals surface area (Å²) in [4.78, 5) is 50.0. The minimum atomic E-state index is -0.938. The molecule has 8 nitrogen and oxygen atoms in total. The summed E-state index contributed by atoms with van der Waals surface area (Å²) >= 11 is 0. The maximum absolute atomic E-state index is 12.9. The summed E-state index contributed by atoms with van der Waals surface area (Å²) in [6.07, 6.45) is 1.35. The van der Waals surface area contributed by atoms with E-state index in [0.29, 0.717) is 17.0 Å². The molecule has 3 aliphatic heterocycles. The Bertz CT molecular complexity index is 879. The molecule has 1 aromatic carbocycles. The van der Waals surface area contributed by atoms with Crippen molar-refractivity contribution in [2.75, 3.05) is 18.4 Å². The number of carbonyl (C=O) groups is 4. The van der Waals surface area contributed by atoms with Gasteiger partial charge in [-0.25, -0.2) is 0 Å². The number of piperidine rings is 1. The van der Waals surface area contributed by atoms with Gasteiger partial charge in [0.25, 0.3) is 11.8 Å². The van der Waals surface area contributed by atoms with E-state index in [9.17, 15) is 19.2 Å². The minimum absolute atomic E-state index is 0.0537. The normalized spacial score (nSPS) is 26.4. The van der Waals surface area contributed by atoms with Crippen LogP contribution in [-0.4, -0.2) is 53.2 Å². The fourth-order valence-electron chi connectivity index (χ4n) is 4.25. The van der Waals surface area contributed by atoms with Gasteiger partial charge < -0.3 is 10.6 Å². The summed E-state index contributed by atoms with van der Waals surface area (Å²) in [5.41, 5.74) is 1.41. The summed E-state index contributed by atoms with van der Waals surface area (Å²) in [5, 5.41) is 9.05. The van der Waals surface area contributed by atoms with E-state index in [2.05, 4.69) is 29.8 Å². The average Bonchev–Trinajstić information content (AvgIpc) is 3.10. The van der Waals surface area contributed by atoms with Crippen LogP contribution in [0, 0.1) is 5.92 Å². The molecule has 0 spiro atoms. The zero-order valence-electron chi connectivity index (χ0n) is 16.0. The van der Waals surface area contributed by atoms with Gasteiger partial charge in [-0.2, -0.15) is 0 Å². The Balaban J connectivity index is 1.51. The molecule has 0 saturated carbocycles. The van der Waals surface area contributed by atoms with Crippen LogP contribution in [0.4, 0.5) is 5.69 Å². The van der Waals surface area contributed by atoms with Crippen molar-refractivity contribution in [3.8, 4) is 0 Å². The van der Waals surface area contributed by atoms with Crippen molar-refractivity contribution in [2.45, 2.75) is 44.7 Å². The molecule has 1 aromatic rings. The maximum Gasteiger partial charge on any atom is 0.262 e. The highest BCUT2D eigenvalue weighted by Crippen LogP contribution is 2.30. The van der Waals surface area contributed by atoms with Gasteiger partial charge in [-0.05, 0) is 57.4 Å². The zero-order valence-corrected chi connectivity index (χ0v) is 16.0. The molecular formula is C20H24N4O4. The zero-order chi connectivity index (χ0) is 20.1. The van der Waals surface area contributed by atoms with E-state index >= 15 is 0 Å². The van der Waals surface area contributed by atoms with Crippen LogP contribution in [0.1, 0.15) is 53.8 Å². The summed E-state index contributed by atoms with van der Waals surface area (Å²) in [5.74, 6) is -1.49. The first kappa shape index (κ1) is 18.6. The van der Waals surface area contributed by atoms with Crippen LogP contribution in [0.2, 0.25) is 0 Å². The first-order valence-corrected chi connectivity index (χ1v) is 9.62. The first-order valence-electron chi connectivity index (χ1n) is 9.62. The van der Waals surface area contributed by atoms with E-state index in [1.807, 2.05) is 0 Å². The second-order valence-electron chi connectivity index (χ2n) is 8.22. The molecule has 3 heterocycles. The molecule has 2 unspecified atom stereocenters. The van der Waals surface area contributed by atoms with Crippen LogP contribution in [0.5, 0.6) is 0 Å². The molecule has 28 heavy (non-hydrogen) atoms. The van der Waals surface area contributed by atoms with Crippen LogP contribution in [0.15, 0.2) is 18.2 Å². The molecule has 8 heteroatoms. The lowest BCUT2D eigenvalue weighted by Gasteiger charge is -2.27. The van der Waals surface area contributed by atoms with Crippen LogP contribution >= 0.6 is 0 Å². The minimum Gasteiger partial charge on any atom is -0.385 e. The predicted molar refractivity (Wildman–Crippen MR) is 102 cm³/mol. The summed E-state index contributed by atoms with van der Waals surface area (Å²) in [7, 11) is 0. The molecule has 0 aromatic heterocycles. The molecule has 2 fully saturated rings. The van der Waals surface area contributed by atoms with Gasteiger partial charge in [-0.1, -0.05) is 0 Å². The Kier molecular flexibility index (Phi) is 4.45. The standard InChI is InChI=1S/C20H24N4O4/c1-20(2)11(7-8-22-20)10-21-12-3-4-13-14(9-12)19(28)24(18(13)27)15-5-6-16(25)23-17(15)26/h3-4,9,11,15,21-22H,5-8,10H2,1-2H3,(H,23,25,26). The smallest absolute Gasteiger partial charge is 0.262 e. The lowest BCUT2D eigenvalue weighted by molar-refractivity contribution is -0.136. The Hall–Kier alpha value is -2.74. The fourth-order valence-corrected chi connectivity index (χ4v) is 4.25. The van der Waals surface area contributed by atoms with Gasteiger partial charge >= 0.3 is 0 Å². The average molecular weight is 384 g/mol. The van der Waals surface area contributed by atoms with Crippen molar-refractivity contribution in [1.29, 1.82) is 0 Å². The number of benzene rings is 1. The summed E-state index contributed by atoms with van der Waals surface area (Å²) in [6.45, 7) is 6.10. The first-order chi connectivity index (χ1) is 13.3. The molecule has 0 aliphatic carbocycles. The lowest BCUT2D eigenvalue weighted by atomic mass is 9.89.